The lowest BCUT2D eigenvalue weighted by Crippen LogP contribution is -2.28. The monoisotopic (exact) mass is 313 g/mol. The highest BCUT2D eigenvalue weighted by Crippen LogP contribution is 2.18. The molecule has 0 aliphatic heterocycles. The molecule has 0 radical (unpaired) electrons. The number of halogens is 1. The van der Waals surface area contributed by atoms with Crippen molar-refractivity contribution in [2.24, 2.45) is 0 Å². The summed E-state index contributed by atoms with van der Waals surface area (Å²) in [6.45, 7) is 0.371. The van der Waals surface area contributed by atoms with E-state index < -0.39 is 5.97 Å². The van der Waals surface area contributed by atoms with Gasteiger partial charge in [0.25, 0.3) is 0 Å². The summed E-state index contributed by atoms with van der Waals surface area (Å²) in [6, 6.07) is 7.26. The Kier molecular flexibility index (Phi) is 7.79. The summed E-state index contributed by atoms with van der Waals surface area (Å²) in [5.74, 6) is -0.936. The van der Waals surface area contributed by atoms with Gasteiger partial charge in [0.05, 0.1) is 6.10 Å². The van der Waals surface area contributed by atoms with Gasteiger partial charge in [-0.15, -0.1) is 0 Å². The van der Waals surface area contributed by atoms with E-state index in [9.17, 15) is 9.59 Å². The van der Waals surface area contributed by atoms with Crippen molar-refractivity contribution >= 4 is 23.5 Å². The summed E-state index contributed by atoms with van der Waals surface area (Å²) < 4.78 is 5.35. The van der Waals surface area contributed by atoms with Crippen LogP contribution in [-0.4, -0.2) is 30.6 Å². The number of carbonyl (C=O) groups excluding carboxylic acids is 1. The number of carboxylic acid groups (broad SMARTS) is 1. The summed E-state index contributed by atoms with van der Waals surface area (Å²) in [5.41, 5.74) is 0.938. The zero-order valence-electron chi connectivity index (χ0n) is 12.0. The van der Waals surface area contributed by atoms with Crippen molar-refractivity contribution in [3.63, 3.8) is 0 Å². The summed E-state index contributed by atoms with van der Waals surface area (Å²) in [7, 11) is 1.58. The fraction of sp³-hybridized carbons (Fsp3) is 0.467. The first-order valence-corrected chi connectivity index (χ1v) is 7.17. The van der Waals surface area contributed by atoms with Crippen LogP contribution in [0.4, 0.5) is 0 Å². The molecule has 116 valence electrons. The molecule has 5 nitrogen and oxygen atoms in total. The highest BCUT2D eigenvalue weighted by atomic mass is 35.5. The SMILES string of the molecule is COC(CNC(=O)CCCCC(=O)O)c1ccc(Cl)cc1. The highest BCUT2D eigenvalue weighted by Gasteiger charge is 2.12. The normalized spacial score (nSPS) is 11.9. The van der Waals surface area contributed by atoms with Crippen molar-refractivity contribution in [3.05, 3.63) is 34.9 Å². The van der Waals surface area contributed by atoms with E-state index >= 15 is 0 Å². The predicted octanol–water partition coefficient (Wildman–Crippen LogP) is 2.79. The number of carbonyl (C=O) groups is 2. The van der Waals surface area contributed by atoms with E-state index in [-0.39, 0.29) is 18.4 Å². The molecule has 1 atom stereocenters. The first-order chi connectivity index (χ1) is 10.0. The molecule has 0 aliphatic rings. The Labute approximate surface area is 129 Å². The van der Waals surface area contributed by atoms with Crippen molar-refractivity contribution < 1.29 is 19.4 Å². The lowest BCUT2D eigenvalue weighted by atomic mass is 10.1. The van der Waals surface area contributed by atoms with Gasteiger partial charge in [-0.3, -0.25) is 9.59 Å². The Morgan fingerprint density at radius 3 is 2.43 bits per heavy atom. The third-order valence-electron chi connectivity index (χ3n) is 3.06. The molecule has 0 spiro atoms. The maximum Gasteiger partial charge on any atom is 0.303 e. The highest BCUT2D eigenvalue weighted by molar-refractivity contribution is 6.30. The van der Waals surface area contributed by atoms with Crippen LogP contribution in [0.25, 0.3) is 0 Å². The number of aliphatic carboxylic acids is 1. The largest absolute Gasteiger partial charge is 0.481 e. The number of benzene rings is 1. The lowest BCUT2D eigenvalue weighted by Gasteiger charge is -2.16. The standard InChI is InChI=1S/C15H20ClNO4/c1-21-13(11-6-8-12(16)9-7-11)10-17-14(18)4-2-3-5-15(19)20/h6-9,13H,2-5,10H2,1H3,(H,17,18)(H,19,20). The van der Waals surface area contributed by atoms with E-state index in [0.717, 1.165) is 5.56 Å². The van der Waals surface area contributed by atoms with Crippen molar-refractivity contribution in [2.45, 2.75) is 31.8 Å². The maximum absolute atomic E-state index is 11.7. The van der Waals surface area contributed by atoms with Gasteiger partial charge in [-0.25, -0.2) is 0 Å². The molecule has 1 aromatic carbocycles. The molecule has 0 aromatic heterocycles. The Balaban J connectivity index is 2.32. The summed E-state index contributed by atoms with van der Waals surface area (Å²) in [5, 5.41) is 11.9. The maximum atomic E-state index is 11.7. The van der Waals surface area contributed by atoms with Crippen LogP contribution in [0.1, 0.15) is 37.4 Å². The number of nitrogens with one attached hydrogen (secondary N) is 1. The van der Waals surface area contributed by atoms with Gasteiger partial charge >= 0.3 is 5.97 Å². The van der Waals surface area contributed by atoms with E-state index in [1.54, 1.807) is 19.2 Å². The lowest BCUT2D eigenvalue weighted by molar-refractivity contribution is -0.137. The Bertz CT molecular complexity index is 461. The molecular formula is C15H20ClNO4. The molecule has 6 heteroatoms. The molecule has 0 saturated carbocycles. The minimum atomic E-state index is -0.836. The quantitative estimate of drug-likeness (QED) is 0.687. The molecule has 1 amide bonds. The van der Waals surface area contributed by atoms with E-state index in [0.29, 0.717) is 30.8 Å². The number of unbranched alkanes of at least 4 members (excludes halogenated alkanes) is 1. The molecule has 1 rings (SSSR count). The molecule has 0 heterocycles. The van der Waals surface area contributed by atoms with Gasteiger partial charge in [-0.2, -0.15) is 0 Å². The summed E-state index contributed by atoms with van der Waals surface area (Å²) >= 11 is 5.83. The van der Waals surface area contributed by atoms with Crippen LogP contribution >= 0.6 is 11.6 Å². The zero-order chi connectivity index (χ0) is 15.7. The van der Waals surface area contributed by atoms with Crippen LogP contribution in [0, 0.1) is 0 Å². The van der Waals surface area contributed by atoms with Crippen LogP contribution in [-0.2, 0) is 14.3 Å². The molecule has 0 saturated heterocycles. The second kappa shape index (κ2) is 9.37. The Hall–Kier alpha value is -1.59. The number of hydrogen-bond acceptors (Lipinski definition) is 3. The van der Waals surface area contributed by atoms with Crippen LogP contribution < -0.4 is 5.32 Å². The molecule has 0 fully saturated rings. The molecule has 2 N–H and O–H groups in total. The molecule has 1 unspecified atom stereocenters. The Morgan fingerprint density at radius 2 is 1.86 bits per heavy atom. The van der Waals surface area contributed by atoms with Crippen LogP contribution in [0.3, 0.4) is 0 Å². The zero-order valence-corrected chi connectivity index (χ0v) is 12.7. The number of ether oxygens (including phenoxy) is 1. The van der Waals surface area contributed by atoms with Crippen LogP contribution in [0.5, 0.6) is 0 Å². The van der Waals surface area contributed by atoms with E-state index in [2.05, 4.69) is 5.32 Å². The summed E-state index contributed by atoms with van der Waals surface area (Å²) in [4.78, 5) is 22.0. The first kappa shape index (κ1) is 17.5. The van der Waals surface area contributed by atoms with E-state index in [1.165, 1.54) is 0 Å². The topological polar surface area (TPSA) is 75.6 Å². The molecule has 21 heavy (non-hydrogen) atoms. The van der Waals surface area contributed by atoms with Gasteiger partial charge in [-0.1, -0.05) is 23.7 Å². The van der Waals surface area contributed by atoms with Gasteiger partial charge < -0.3 is 15.2 Å². The molecule has 0 aliphatic carbocycles. The smallest absolute Gasteiger partial charge is 0.303 e. The van der Waals surface area contributed by atoms with Crippen molar-refractivity contribution in [1.82, 2.24) is 5.32 Å². The van der Waals surface area contributed by atoms with E-state index in [1.807, 2.05) is 12.1 Å². The molecule has 1 aromatic rings. The van der Waals surface area contributed by atoms with Crippen molar-refractivity contribution in [3.8, 4) is 0 Å². The van der Waals surface area contributed by atoms with Gasteiger partial charge in [0.15, 0.2) is 0 Å². The summed E-state index contributed by atoms with van der Waals surface area (Å²) in [6.07, 6.45) is 1.26. The van der Waals surface area contributed by atoms with Crippen molar-refractivity contribution in [2.75, 3.05) is 13.7 Å². The van der Waals surface area contributed by atoms with Crippen molar-refractivity contribution in [1.29, 1.82) is 0 Å². The fourth-order valence-corrected chi connectivity index (χ4v) is 2.00. The number of rotatable bonds is 9. The van der Waals surface area contributed by atoms with Crippen LogP contribution in [0.15, 0.2) is 24.3 Å². The minimum absolute atomic E-state index is 0.0960. The van der Waals surface area contributed by atoms with Crippen LogP contribution in [0.2, 0.25) is 5.02 Å². The number of carboxylic acids is 1. The molecular weight excluding hydrogens is 294 g/mol. The number of amides is 1. The Morgan fingerprint density at radius 1 is 1.24 bits per heavy atom. The number of methoxy groups -OCH3 is 1. The third kappa shape index (κ3) is 7.11. The minimum Gasteiger partial charge on any atom is -0.481 e. The molecule has 0 bridgehead atoms. The van der Waals surface area contributed by atoms with E-state index in [4.69, 9.17) is 21.4 Å². The average Bonchev–Trinajstić information content (AvgIpc) is 2.46. The fourth-order valence-electron chi connectivity index (χ4n) is 1.87. The number of hydrogen-bond donors (Lipinski definition) is 2. The third-order valence-corrected chi connectivity index (χ3v) is 3.31. The predicted molar refractivity (Wildman–Crippen MR) is 80.3 cm³/mol. The second-order valence-corrected chi connectivity index (χ2v) is 5.12. The first-order valence-electron chi connectivity index (χ1n) is 6.79. The van der Waals surface area contributed by atoms with Gasteiger partial charge in [0, 0.05) is 31.5 Å². The van der Waals surface area contributed by atoms with Gasteiger partial charge in [0.2, 0.25) is 5.91 Å². The van der Waals surface area contributed by atoms with Gasteiger partial charge in [0.1, 0.15) is 0 Å². The second-order valence-electron chi connectivity index (χ2n) is 4.68. The van der Waals surface area contributed by atoms with Gasteiger partial charge in [-0.05, 0) is 30.5 Å². The average molecular weight is 314 g/mol.